The Labute approximate surface area is 450 Å². The van der Waals surface area contributed by atoms with Crippen molar-refractivity contribution >= 4 is 43.3 Å². The topological polar surface area (TPSA) is 229 Å². The van der Waals surface area contributed by atoms with Crippen molar-refractivity contribution in [2.24, 2.45) is 0 Å². The Morgan fingerprint density at radius 1 is 0.494 bits per heavy atom. The maximum atomic E-state index is 13.9. The molecule has 0 unspecified atom stereocenters. The number of sulfone groups is 2. The number of hydrogen-bond donors (Lipinski definition) is 4. The normalized spacial score (nSPS) is 12.2. The predicted octanol–water partition coefficient (Wildman–Crippen LogP) is 6.33. The number of aromatic nitrogens is 2. The minimum Gasteiger partial charge on any atom is -0.352 e. The van der Waals surface area contributed by atoms with Crippen molar-refractivity contribution in [3.05, 3.63) is 186 Å². The van der Waals surface area contributed by atoms with E-state index in [-0.39, 0.29) is 69.9 Å². The molecule has 0 fully saturated rings. The van der Waals surface area contributed by atoms with Gasteiger partial charge in [-0.3, -0.25) is 37.9 Å². The van der Waals surface area contributed by atoms with E-state index < -0.39 is 89.0 Å². The van der Waals surface area contributed by atoms with Gasteiger partial charge in [-0.05, 0) is 97.8 Å². The number of benzene rings is 4. The van der Waals surface area contributed by atoms with Crippen molar-refractivity contribution < 1.29 is 66.8 Å². The Morgan fingerprint density at radius 3 is 1.14 bits per heavy atom. The van der Waals surface area contributed by atoms with Gasteiger partial charge >= 0.3 is 12.4 Å². The van der Waals surface area contributed by atoms with Crippen LogP contribution in [0.1, 0.15) is 87.9 Å². The second-order valence-corrected chi connectivity index (χ2v) is 23.3. The van der Waals surface area contributed by atoms with Crippen LogP contribution in [0.25, 0.3) is 11.4 Å². The lowest BCUT2D eigenvalue weighted by Gasteiger charge is -2.30. The zero-order valence-corrected chi connectivity index (χ0v) is 45.2. The van der Waals surface area contributed by atoms with E-state index in [1.807, 2.05) is 14.1 Å². The van der Waals surface area contributed by atoms with Crippen LogP contribution in [0.4, 0.5) is 26.3 Å². The number of carbonyl (C=O) groups excluding carboxylic acids is 4. The van der Waals surface area contributed by atoms with Crippen molar-refractivity contribution in [2.75, 3.05) is 52.8 Å². The zero-order chi connectivity index (χ0) is 58.4. The van der Waals surface area contributed by atoms with Gasteiger partial charge in [0.15, 0.2) is 19.7 Å². The number of rotatable bonds is 20. The lowest BCUT2D eigenvalue weighted by Crippen LogP contribution is -2.44. The third-order valence-electron chi connectivity index (χ3n) is 12.8. The highest BCUT2D eigenvalue weighted by atomic mass is 32.2. The highest BCUT2D eigenvalue weighted by Crippen LogP contribution is 2.32. The maximum absolute atomic E-state index is 13.9. The van der Waals surface area contributed by atoms with Crippen LogP contribution >= 0.6 is 0 Å². The largest absolute Gasteiger partial charge is 0.416 e. The SMILES string of the molecule is Cc1c(C(=O)NCCC[N+](C)(C)CCCNC(=O)c2cc(C(=O)NCc3ccc(S(C)(=O)=O)cc3)c(=O)n(-c3cccc(C(F)(F)F)c3)c2C)cc(C(=O)NCc2ccc(S(C)(=O)=O)cc2)c(=O)n1-c1cccc(C(F)(F)F)c1. The fraction of sp³-hybridized carbons (Fsp3) is 0.296. The Balaban J connectivity index is 1.13. The molecule has 2 aromatic heterocycles. The average molecular weight is 1140 g/mol. The molecule has 0 aliphatic heterocycles. The second-order valence-electron chi connectivity index (χ2n) is 19.3. The van der Waals surface area contributed by atoms with Gasteiger partial charge in [0.05, 0.1) is 59.2 Å². The molecule has 0 bridgehead atoms. The highest BCUT2D eigenvalue weighted by Gasteiger charge is 2.33. The molecule has 6 aromatic rings. The smallest absolute Gasteiger partial charge is 0.352 e. The third kappa shape index (κ3) is 15.2. The summed E-state index contributed by atoms with van der Waals surface area (Å²) in [4.78, 5) is 82.7. The van der Waals surface area contributed by atoms with Crippen LogP contribution in [-0.4, -0.2) is 107 Å². The fourth-order valence-electron chi connectivity index (χ4n) is 8.44. The van der Waals surface area contributed by atoms with Crippen LogP contribution in [0, 0.1) is 13.8 Å². The molecule has 0 saturated heterocycles. The number of nitrogens with zero attached hydrogens (tertiary/aromatic N) is 3. The highest BCUT2D eigenvalue weighted by molar-refractivity contribution is 7.91. The lowest BCUT2D eigenvalue weighted by atomic mass is 10.1. The molecule has 420 valence electrons. The molecule has 4 amide bonds. The number of pyridine rings is 2. The van der Waals surface area contributed by atoms with Gasteiger partial charge in [0.2, 0.25) is 0 Å². The van der Waals surface area contributed by atoms with Gasteiger partial charge in [-0.15, -0.1) is 0 Å². The Hall–Kier alpha value is -7.90. The summed E-state index contributed by atoms with van der Waals surface area (Å²) >= 11 is 0. The molecule has 25 heteroatoms. The van der Waals surface area contributed by atoms with E-state index in [2.05, 4.69) is 21.3 Å². The van der Waals surface area contributed by atoms with E-state index in [0.717, 1.165) is 58.0 Å². The van der Waals surface area contributed by atoms with Crippen LogP contribution < -0.4 is 32.4 Å². The minimum absolute atomic E-state index is 0.0308. The summed E-state index contributed by atoms with van der Waals surface area (Å²) in [6.45, 7) is 3.38. The molecule has 0 atom stereocenters. The van der Waals surface area contributed by atoms with Crippen molar-refractivity contribution in [3.63, 3.8) is 0 Å². The van der Waals surface area contributed by atoms with E-state index in [1.54, 1.807) is 0 Å². The molecule has 17 nitrogen and oxygen atoms in total. The summed E-state index contributed by atoms with van der Waals surface area (Å²) in [5, 5.41) is 10.6. The van der Waals surface area contributed by atoms with E-state index in [9.17, 15) is 71.9 Å². The molecule has 4 N–H and O–H groups in total. The van der Waals surface area contributed by atoms with Crippen LogP contribution in [-0.2, 0) is 45.1 Å². The first-order valence-corrected chi connectivity index (χ1v) is 28.0. The number of nitrogens with one attached hydrogen (secondary N) is 4. The van der Waals surface area contributed by atoms with Crippen LogP contribution in [0.2, 0.25) is 0 Å². The summed E-state index contributed by atoms with van der Waals surface area (Å²) in [5.74, 6) is -3.40. The number of quaternary nitrogens is 1. The van der Waals surface area contributed by atoms with Crippen molar-refractivity contribution in [1.82, 2.24) is 30.4 Å². The first-order valence-electron chi connectivity index (χ1n) is 24.2. The van der Waals surface area contributed by atoms with E-state index in [1.165, 1.54) is 74.5 Å². The van der Waals surface area contributed by atoms with Crippen molar-refractivity contribution in [1.29, 1.82) is 0 Å². The number of amides is 4. The molecular formula is C54H56F6N7O10S2+. The van der Waals surface area contributed by atoms with Gasteiger partial charge in [-0.1, -0.05) is 36.4 Å². The molecule has 0 spiro atoms. The van der Waals surface area contributed by atoms with Gasteiger partial charge in [0.1, 0.15) is 11.1 Å². The standard InChI is InChI=1S/C54H55F6N7O10S2/c1-33-43(29-45(49(70)63-31-35-15-19-41(20-16-35)78(5,74)75)51(72)65(33)39-13-7-11-37(27-39)53(55,56)57)47(68)61-23-9-25-67(3,4)26-10-24-62-48(69)44-30-46(50(71)64-32-36-17-21-42(22-18-36)79(6,76)77)52(73)66(34(44)2)40-14-8-12-38(28-40)54(58,59)60/h7-8,11-22,27-30H,9-10,23-26,31-32H2,1-6H3,(H3-,61,62,63,64,68,69,70,71)/p+1. The number of carbonyl (C=O) groups is 4. The number of alkyl halides is 6. The van der Waals surface area contributed by atoms with Gasteiger partial charge < -0.3 is 25.8 Å². The van der Waals surface area contributed by atoms with Gasteiger partial charge in [-0.25, -0.2) is 16.8 Å². The summed E-state index contributed by atoms with van der Waals surface area (Å²) in [6.07, 6.45) is -6.79. The van der Waals surface area contributed by atoms with Gasteiger partial charge in [-0.2, -0.15) is 26.3 Å². The first-order chi connectivity index (χ1) is 36.8. The zero-order valence-electron chi connectivity index (χ0n) is 43.6. The van der Waals surface area contributed by atoms with Gasteiger partial charge in [0, 0.05) is 74.3 Å². The van der Waals surface area contributed by atoms with Gasteiger partial charge in [0.25, 0.3) is 34.7 Å². The third-order valence-corrected chi connectivity index (χ3v) is 15.1. The average Bonchev–Trinajstić information content (AvgIpc) is 3.45. The van der Waals surface area contributed by atoms with Crippen molar-refractivity contribution in [3.8, 4) is 11.4 Å². The molecule has 2 heterocycles. The number of halogens is 6. The molecule has 0 saturated carbocycles. The predicted molar refractivity (Wildman–Crippen MR) is 281 cm³/mol. The molecule has 6 rings (SSSR count). The fourth-order valence-corrected chi connectivity index (χ4v) is 9.70. The summed E-state index contributed by atoms with van der Waals surface area (Å²) in [6, 6.07) is 20.9. The summed E-state index contributed by atoms with van der Waals surface area (Å²) in [5.41, 5.74) is -5.40. The molecule has 79 heavy (non-hydrogen) atoms. The second kappa shape index (κ2) is 24.0. The molecular weight excluding hydrogens is 1080 g/mol. The Morgan fingerprint density at radius 2 is 0.823 bits per heavy atom. The van der Waals surface area contributed by atoms with E-state index in [4.69, 9.17) is 0 Å². The molecule has 4 aromatic carbocycles. The molecule has 0 aliphatic carbocycles. The summed E-state index contributed by atoms with van der Waals surface area (Å²) < 4.78 is 133. The Kier molecular flexibility index (Phi) is 18.3. The van der Waals surface area contributed by atoms with Crippen LogP contribution in [0.3, 0.4) is 0 Å². The first kappa shape index (κ1) is 60.3. The van der Waals surface area contributed by atoms with E-state index >= 15 is 0 Å². The van der Waals surface area contributed by atoms with Crippen molar-refractivity contribution in [2.45, 2.75) is 61.9 Å². The Bertz CT molecular complexity index is 3430. The van der Waals surface area contributed by atoms with E-state index in [0.29, 0.717) is 53.7 Å². The van der Waals surface area contributed by atoms with Crippen LogP contribution in [0.5, 0.6) is 0 Å². The minimum atomic E-state index is -4.79. The molecule has 0 radical (unpaired) electrons. The molecule has 0 aliphatic rings. The van der Waals surface area contributed by atoms with Crippen LogP contribution in [0.15, 0.2) is 129 Å². The summed E-state index contributed by atoms with van der Waals surface area (Å²) in [7, 11) is -3.27. The maximum Gasteiger partial charge on any atom is 0.416 e. The number of hydrogen-bond acceptors (Lipinski definition) is 10. The monoisotopic (exact) mass is 1140 g/mol. The quantitative estimate of drug-likeness (QED) is 0.0378. The lowest BCUT2D eigenvalue weighted by molar-refractivity contribution is -0.890.